The maximum atomic E-state index is 10.9. The van der Waals surface area contributed by atoms with Crippen molar-refractivity contribution < 1.29 is 22.9 Å². The van der Waals surface area contributed by atoms with E-state index in [0.717, 1.165) is 5.56 Å². The number of carboxylic acid groups (broad SMARTS) is 1. The van der Waals surface area contributed by atoms with Crippen molar-refractivity contribution in [1.29, 1.82) is 0 Å². The van der Waals surface area contributed by atoms with E-state index in [1.54, 1.807) is 12.1 Å². The number of rotatable bonds is 6. The highest BCUT2D eigenvalue weighted by molar-refractivity contribution is 7.85. The van der Waals surface area contributed by atoms with E-state index in [0.29, 0.717) is 5.69 Å². The van der Waals surface area contributed by atoms with Gasteiger partial charge in [0.2, 0.25) is 0 Å². The van der Waals surface area contributed by atoms with E-state index in [-0.39, 0.29) is 6.42 Å². The molecule has 0 heterocycles. The number of aryl methyl sites for hydroxylation is 1. The van der Waals surface area contributed by atoms with Gasteiger partial charge in [0.1, 0.15) is 6.04 Å². The predicted octanol–water partition coefficient (Wildman–Crippen LogP) is 1.14. The minimum atomic E-state index is -4.16. The number of nitrogens with one attached hydrogen (secondary N) is 1. The summed E-state index contributed by atoms with van der Waals surface area (Å²) in [4.78, 5) is 10.9. The number of hydrogen-bond donors (Lipinski definition) is 3. The fourth-order valence-electron chi connectivity index (χ4n) is 1.38. The van der Waals surface area contributed by atoms with Crippen molar-refractivity contribution in [1.82, 2.24) is 0 Å². The Morgan fingerprint density at radius 1 is 1.33 bits per heavy atom. The Hall–Kier alpha value is -1.60. The van der Waals surface area contributed by atoms with E-state index >= 15 is 0 Å². The Bertz CT molecular complexity index is 509. The van der Waals surface area contributed by atoms with Crippen LogP contribution in [0.5, 0.6) is 0 Å². The third-order valence-corrected chi connectivity index (χ3v) is 3.11. The molecule has 0 fully saturated rings. The van der Waals surface area contributed by atoms with Crippen molar-refractivity contribution in [3.05, 3.63) is 29.8 Å². The van der Waals surface area contributed by atoms with Gasteiger partial charge in [0, 0.05) is 5.69 Å². The fraction of sp³-hybridized carbons (Fsp3) is 0.364. The largest absolute Gasteiger partial charge is 0.480 e. The van der Waals surface area contributed by atoms with Crippen LogP contribution in [0.25, 0.3) is 0 Å². The second-order valence-electron chi connectivity index (χ2n) is 3.98. The third-order valence-electron chi connectivity index (χ3n) is 2.36. The van der Waals surface area contributed by atoms with Gasteiger partial charge in [-0.2, -0.15) is 8.42 Å². The fourth-order valence-corrected chi connectivity index (χ4v) is 1.91. The molecule has 0 bridgehead atoms. The average Bonchev–Trinajstić information content (AvgIpc) is 2.25. The Labute approximate surface area is 105 Å². The van der Waals surface area contributed by atoms with Gasteiger partial charge in [-0.15, -0.1) is 0 Å². The van der Waals surface area contributed by atoms with Gasteiger partial charge in [0.25, 0.3) is 10.1 Å². The van der Waals surface area contributed by atoms with Crippen molar-refractivity contribution in [2.24, 2.45) is 0 Å². The van der Waals surface area contributed by atoms with Crippen LogP contribution in [0, 0.1) is 6.92 Å². The average molecular weight is 273 g/mol. The number of carbonyl (C=O) groups is 1. The molecule has 0 amide bonds. The van der Waals surface area contributed by atoms with Crippen molar-refractivity contribution in [2.75, 3.05) is 11.1 Å². The smallest absolute Gasteiger partial charge is 0.326 e. The molecule has 1 atom stereocenters. The molecule has 100 valence electrons. The molecule has 18 heavy (non-hydrogen) atoms. The number of benzene rings is 1. The van der Waals surface area contributed by atoms with Crippen LogP contribution in [0.3, 0.4) is 0 Å². The first-order valence-electron chi connectivity index (χ1n) is 5.29. The molecule has 1 aromatic rings. The van der Waals surface area contributed by atoms with Gasteiger partial charge in [0.15, 0.2) is 0 Å². The molecule has 0 aliphatic heterocycles. The Balaban J connectivity index is 2.69. The maximum Gasteiger partial charge on any atom is 0.326 e. The van der Waals surface area contributed by atoms with Crippen LogP contribution in [0.1, 0.15) is 12.0 Å². The van der Waals surface area contributed by atoms with Gasteiger partial charge >= 0.3 is 5.97 Å². The van der Waals surface area contributed by atoms with E-state index in [1.165, 1.54) is 0 Å². The SMILES string of the molecule is Cc1ccc(N[C@@H](CCS(=O)(=O)O)C(=O)O)cc1. The zero-order valence-electron chi connectivity index (χ0n) is 9.83. The minimum absolute atomic E-state index is 0.206. The summed E-state index contributed by atoms with van der Waals surface area (Å²) < 4.78 is 29.8. The first-order valence-corrected chi connectivity index (χ1v) is 6.90. The van der Waals surface area contributed by atoms with E-state index in [4.69, 9.17) is 9.66 Å². The van der Waals surface area contributed by atoms with E-state index in [1.807, 2.05) is 19.1 Å². The number of hydrogen-bond acceptors (Lipinski definition) is 4. The van der Waals surface area contributed by atoms with Crippen LogP contribution in [-0.2, 0) is 14.9 Å². The summed E-state index contributed by atoms with van der Waals surface area (Å²) in [5.74, 6) is -1.76. The molecule has 0 aliphatic carbocycles. The van der Waals surface area contributed by atoms with Crippen LogP contribution >= 0.6 is 0 Å². The van der Waals surface area contributed by atoms with Crippen LogP contribution in [0.15, 0.2) is 24.3 Å². The molecule has 6 nitrogen and oxygen atoms in total. The zero-order valence-corrected chi connectivity index (χ0v) is 10.6. The molecule has 0 saturated heterocycles. The van der Waals surface area contributed by atoms with Gasteiger partial charge in [-0.3, -0.25) is 4.55 Å². The van der Waals surface area contributed by atoms with E-state index < -0.39 is 27.9 Å². The monoisotopic (exact) mass is 273 g/mol. The van der Waals surface area contributed by atoms with Crippen LogP contribution in [0.4, 0.5) is 5.69 Å². The first-order chi connectivity index (χ1) is 8.28. The van der Waals surface area contributed by atoms with E-state index in [2.05, 4.69) is 5.32 Å². The number of anilines is 1. The first kappa shape index (κ1) is 14.5. The van der Waals surface area contributed by atoms with E-state index in [9.17, 15) is 13.2 Å². The van der Waals surface area contributed by atoms with Crippen molar-refractivity contribution in [2.45, 2.75) is 19.4 Å². The highest BCUT2D eigenvalue weighted by atomic mass is 32.2. The third kappa shape index (κ3) is 5.15. The molecule has 0 aliphatic rings. The summed E-state index contributed by atoms with van der Waals surface area (Å²) in [5.41, 5.74) is 1.62. The van der Waals surface area contributed by atoms with Crippen molar-refractivity contribution >= 4 is 21.8 Å². The highest BCUT2D eigenvalue weighted by Gasteiger charge is 2.19. The zero-order chi connectivity index (χ0) is 13.8. The summed E-state index contributed by atoms with van der Waals surface area (Å²) in [5, 5.41) is 11.7. The Kier molecular flexibility index (Phi) is 4.69. The second kappa shape index (κ2) is 5.83. The van der Waals surface area contributed by atoms with Crippen LogP contribution in [-0.4, -0.2) is 35.8 Å². The molecule has 7 heteroatoms. The summed E-state index contributed by atoms with van der Waals surface area (Å²) in [7, 11) is -4.16. The van der Waals surface area contributed by atoms with Crippen LogP contribution in [0.2, 0.25) is 0 Å². The van der Waals surface area contributed by atoms with Crippen LogP contribution < -0.4 is 5.32 Å². The summed E-state index contributed by atoms with van der Waals surface area (Å²) in [6.07, 6.45) is -0.206. The lowest BCUT2D eigenvalue weighted by Gasteiger charge is -2.15. The molecule has 1 rings (SSSR count). The normalized spacial score (nSPS) is 13.0. The number of carboxylic acids is 1. The maximum absolute atomic E-state index is 10.9. The lowest BCUT2D eigenvalue weighted by molar-refractivity contribution is -0.137. The lowest BCUT2D eigenvalue weighted by atomic mass is 10.2. The van der Waals surface area contributed by atoms with Gasteiger partial charge < -0.3 is 10.4 Å². The summed E-state index contributed by atoms with van der Waals surface area (Å²) >= 11 is 0. The quantitative estimate of drug-likeness (QED) is 0.671. The predicted molar refractivity (Wildman–Crippen MR) is 67.3 cm³/mol. The molecular formula is C11H15NO5S. The minimum Gasteiger partial charge on any atom is -0.480 e. The highest BCUT2D eigenvalue weighted by Crippen LogP contribution is 2.12. The van der Waals surface area contributed by atoms with Gasteiger partial charge in [-0.05, 0) is 25.5 Å². The second-order valence-corrected chi connectivity index (χ2v) is 5.55. The van der Waals surface area contributed by atoms with Crippen molar-refractivity contribution in [3.8, 4) is 0 Å². The molecule has 0 aromatic heterocycles. The number of aliphatic carboxylic acids is 1. The molecule has 0 unspecified atom stereocenters. The molecule has 0 saturated carbocycles. The molecule has 0 spiro atoms. The van der Waals surface area contributed by atoms with Gasteiger partial charge in [0.05, 0.1) is 5.75 Å². The lowest BCUT2D eigenvalue weighted by Crippen LogP contribution is -2.31. The van der Waals surface area contributed by atoms with Crippen molar-refractivity contribution in [3.63, 3.8) is 0 Å². The Morgan fingerprint density at radius 3 is 2.33 bits per heavy atom. The Morgan fingerprint density at radius 2 is 1.89 bits per heavy atom. The molecule has 1 aromatic carbocycles. The topological polar surface area (TPSA) is 104 Å². The molecule has 0 radical (unpaired) electrons. The summed E-state index contributed by atoms with van der Waals surface area (Å²) in [6.45, 7) is 1.90. The standard InChI is InChI=1S/C11H15NO5S/c1-8-2-4-9(5-3-8)12-10(11(13)14)6-7-18(15,16)17/h2-5,10,12H,6-7H2,1H3,(H,13,14)(H,15,16,17)/t10-/m0/s1. The van der Waals surface area contributed by atoms with Gasteiger partial charge in [-0.1, -0.05) is 17.7 Å². The molecular weight excluding hydrogens is 258 g/mol. The summed E-state index contributed by atoms with van der Waals surface area (Å²) in [6, 6.07) is 5.97. The molecule has 3 N–H and O–H groups in total. The van der Waals surface area contributed by atoms with Gasteiger partial charge in [-0.25, -0.2) is 4.79 Å².